The molecule has 0 bridgehead atoms. The lowest BCUT2D eigenvalue weighted by Crippen LogP contribution is -2.35. The first-order valence-corrected chi connectivity index (χ1v) is 11.9. The van der Waals surface area contributed by atoms with Crippen molar-refractivity contribution < 1.29 is 4.79 Å². The van der Waals surface area contributed by atoms with Crippen LogP contribution in [0.2, 0.25) is 0 Å². The van der Waals surface area contributed by atoms with Crippen LogP contribution in [0, 0.1) is 6.92 Å². The van der Waals surface area contributed by atoms with E-state index in [4.69, 9.17) is 0 Å². The van der Waals surface area contributed by atoms with Gasteiger partial charge in [0.15, 0.2) is 4.96 Å². The molecule has 7 nitrogen and oxygen atoms in total. The standard InChI is InChI=1S/C24H28N6OS/c1-17-21(30-11-12-32-24(30)26-17)16-29-10-6-9-19(15-29)22-20(13-25-27-22)23(31)28(2)14-18-7-4-3-5-8-18/h3-5,7-8,11-13,19H,6,9-10,14-16H2,1-2H3,(H,25,27)/t19-/m1/s1. The van der Waals surface area contributed by atoms with Gasteiger partial charge in [0.1, 0.15) is 0 Å². The van der Waals surface area contributed by atoms with Crippen LogP contribution in [0.4, 0.5) is 0 Å². The number of amides is 1. The van der Waals surface area contributed by atoms with Gasteiger partial charge in [0, 0.05) is 44.2 Å². The minimum absolute atomic E-state index is 0.0151. The molecular weight excluding hydrogens is 420 g/mol. The molecule has 5 rings (SSSR count). The number of H-pyrrole nitrogens is 1. The highest BCUT2D eigenvalue weighted by Gasteiger charge is 2.28. The Kier molecular flexibility index (Phi) is 5.80. The summed E-state index contributed by atoms with van der Waals surface area (Å²) in [6.07, 6.45) is 5.95. The van der Waals surface area contributed by atoms with E-state index < -0.39 is 0 Å². The highest BCUT2D eigenvalue weighted by Crippen LogP contribution is 2.30. The summed E-state index contributed by atoms with van der Waals surface area (Å²) < 4.78 is 2.20. The molecule has 0 aliphatic carbocycles. The molecule has 4 heterocycles. The smallest absolute Gasteiger partial charge is 0.257 e. The predicted molar refractivity (Wildman–Crippen MR) is 126 cm³/mol. The van der Waals surface area contributed by atoms with Crippen LogP contribution >= 0.6 is 11.3 Å². The van der Waals surface area contributed by atoms with Gasteiger partial charge in [0.2, 0.25) is 0 Å². The Hall–Kier alpha value is -2.97. The van der Waals surface area contributed by atoms with Crippen LogP contribution in [0.1, 0.15) is 51.8 Å². The number of hydrogen-bond donors (Lipinski definition) is 1. The van der Waals surface area contributed by atoms with Gasteiger partial charge in [0.05, 0.1) is 28.8 Å². The minimum Gasteiger partial charge on any atom is -0.337 e. The summed E-state index contributed by atoms with van der Waals surface area (Å²) in [7, 11) is 1.85. The van der Waals surface area contributed by atoms with Crippen molar-refractivity contribution in [3.05, 3.63) is 76.3 Å². The van der Waals surface area contributed by atoms with Crippen molar-refractivity contribution in [2.45, 2.75) is 38.8 Å². The molecule has 3 aromatic heterocycles. The van der Waals surface area contributed by atoms with Gasteiger partial charge in [-0.1, -0.05) is 30.3 Å². The lowest BCUT2D eigenvalue weighted by Gasteiger charge is -2.32. The summed E-state index contributed by atoms with van der Waals surface area (Å²) >= 11 is 1.67. The number of fused-ring (bicyclic) bond motifs is 1. The Labute approximate surface area is 191 Å². The van der Waals surface area contributed by atoms with E-state index in [0.717, 1.165) is 54.4 Å². The molecule has 0 saturated carbocycles. The molecule has 1 saturated heterocycles. The minimum atomic E-state index is 0.0151. The summed E-state index contributed by atoms with van der Waals surface area (Å²) in [6.45, 7) is 5.49. The van der Waals surface area contributed by atoms with Crippen molar-refractivity contribution in [3.8, 4) is 0 Å². The fraction of sp³-hybridized carbons (Fsp3) is 0.375. The average molecular weight is 449 g/mol. The zero-order valence-corrected chi connectivity index (χ0v) is 19.3. The molecule has 1 aliphatic rings. The number of imidazole rings is 1. The Bertz CT molecular complexity index is 1210. The van der Waals surface area contributed by atoms with Crippen LogP contribution in [0.15, 0.2) is 48.1 Å². The van der Waals surface area contributed by atoms with Gasteiger partial charge in [-0.2, -0.15) is 5.10 Å². The fourth-order valence-corrected chi connectivity index (χ4v) is 5.47. The van der Waals surface area contributed by atoms with Crippen molar-refractivity contribution in [2.75, 3.05) is 20.1 Å². The molecule has 166 valence electrons. The second-order valence-corrected chi connectivity index (χ2v) is 9.49. The Balaban J connectivity index is 1.30. The molecule has 0 radical (unpaired) electrons. The number of thiazole rings is 1. The number of piperidine rings is 1. The topological polar surface area (TPSA) is 69.5 Å². The molecule has 1 amide bonds. The Morgan fingerprint density at radius 1 is 1.31 bits per heavy atom. The first kappa shape index (κ1) is 20.9. The van der Waals surface area contributed by atoms with E-state index >= 15 is 0 Å². The van der Waals surface area contributed by atoms with Gasteiger partial charge in [-0.15, -0.1) is 11.3 Å². The molecule has 1 N–H and O–H groups in total. The number of likely N-dealkylation sites (tertiary alicyclic amines) is 1. The molecule has 0 spiro atoms. The van der Waals surface area contributed by atoms with Gasteiger partial charge in [-0.25, -0.2) is 4.98 Å². The molecule has 1 atom stereocenters. The number of aryl methyl sites for hydroxylation is 1. The van der Waals surface area contributed by atoms with Crippen molar-refractivity contribution >= 4 is 22.2 Å². The monoisotopic (exact) mass is 448 g/mol. The number of nitrogens with zero attached hydrogens (tertiary/aromatic N) is 5. The predicted octanol–water partition coefficient (Wildman–Crippen LogP) is 4.08. The number of aromatic amines is 1. The van der Waals surface area contributed by atoms with Crippen molar-refractivity contribution in [2.24, 2.45) is 0 Å². The number of nitrogens with one attached hydrogen (secondary N) is 1. The molecule has 0 unspecified atom stereocenters. The second-order valence-electron chi connectivity index (χ2n) is 8.62. The normalized spacial score (nSPS) is 17.1. The van der Waals surface area contributed by atoms with Gasteiger partial charge < -0.3 is 4.90 Å². The van der Waals surface area contributed by atoms with Crippen LogP contribution in [0.3, 0.4) is 0 Å². The molecule has 4 aromatic rings. The maximum Gasteiger partial charge on any atom is 0.257 e. The summed E-state index contributed by atoms with van der Waals surface area (Å²) in [5.74, 6) is 0.280. The molecule has 32 heavy (non-hydrogen) atoms. The van der Waals surface area contributed by atoms with Gasteiger partial charge in [-0.3, -0.25) is 19.2 Å². The molecule has 1 aromatic carbocycles. The van der Waals surface area contributed by atoms with Crippen LogP contribution in [-0.4, -0.2) is 55.4 Å². The van der Waals surface area contributed by atoms with Gasteiger partial charge >= 0.3 is 0 Å². The maximum absolute atomic E-state index is 13.2. The van der Waals surface area contributed by atoms with Crippen LogP contribution in [-0.2, 0) is 13.1 Å². The molecule has 1 aliphatic heterocycles. The molecule has 8 heteroatoms. The first-order chi connectivity index (χ1) is 15.6. The fourth-order valence-electron chi connectivity index (χ4n) is 4.69. The maximum atomic E-state index is 13.2. The summed E-state index contributed by atoms with van der Waals surface area (Å²) in [4.78, 5) is 23.2. The number of hydrogen-bond acceptors (Lipinski definition) is 5. The van der Waals surface area contributed by atoms with Gasteiger partial charge in [0.25, 0.3) is 5.91 Å². The summed E-state index contributed by atoms with van der Waals surface area (Å²) in [5, 5.41) is 9.49. The lowest BCUT2D eigenvalue weighted by molar-refractivity contribution is 0.0782. The lowest BCUT2D eigenvalue weighted by atomic mass is 9.92. The van der Waals surface area contributed by atoms with E-state index in [-0.39, 0.29) is 11.8 Å². The number of carbonyl (C=O) groups excluding carboxylic acids is 1. The SMILES string of the molecule is Cc1nc2sccn2c1CN1CCC[C@@H](c2[nH]ncc2C(=O)N(C)Cc2ccccc2)C1. The number of rotatable bonds is 6. The third-order valence-electron chi connectivity index (χ3n) is 6.36. The van der Waals surface area contributed by atoms with Crippen molar-refractivity contribution in [1.82, 2.24) is 29.4 Å². The van der Waals surface area contributed by atoms with E-state index in [1.807, 2.05) is 37.4 Å². The van der Waals surface area contributed by atoms with Gasteiger partial charge in [-0.05, 0) is 31.9 Å². The third-order valence-corrected chi connectivity index (χ3v) is 7.11. The zero-order valence-electron chi connectivity index (χ0n) is 18.5. The average Bonchev–Trinajstić information content (AvgIpc) is 3.52. The highest BCUT2D eigenvalue weighted by molar-refractivity contribution is 7.15. The van der Waals surface area contributed by atoms with E-state index in [2.05, 4.69) is 43.0 Å². The van der Waals surface area contributed by atoms with Crippen molar-refractivity contribution in [3.63, 3.8) is 0 Å². The van der Waals surface area contributed by atoms with E-state index in [1.54, 1.807) is 22.4 Å². The second kappa shape index (κ2) is 8.88. The number of carbonyl (C=O) groups is 1. The zero-order chi connectivity index (χ0) is 22.1. The Morgan fingerprint density at radius 2 is 2.16 bits per heavy atom. The van der Waals surface area contributed by atoms with Crippen LogP contribution in [0.25, 0.3) is 4.96 Å². The van der Waals surface area contributed by atoms with E-state index in [1.165, 1.54) is 5.69 Å². The van der Waals surface area contributed by atoms with E-state index in [0.29, 0.717) is 12.1 Å². The number of benzene rings is 1. The number of aromatic nitrogens is 4. The quantitative estimate of drug-likeness (QED) is 0.483. The third kappa shape index (κ3) is 4.08. The van der Waals surface area contributed by atoms with E-state index in [9.17, 15) is 4.79 Å². The Morgan fingerprint density at radius 3 is 3.00 bits per heavy atom. The molecule has 1 fully saturated rings. The first-order valence-electron chi connectivity index (χ1n) is 11.1. The van der Waals surface area contributed by atoms with Crippen LogP contribution < -0.4 is 0 Å². The summed E-state index contributed by atoms with van der Waals surface area (Å²) in [6, 6.07) is 10.1. The highest BCUT2D eigenvalue weighted by atomic mass is 32.1. The summed E-state index contributed by atoms with van der Waals surface area (Å²) in [5.41, 5.74) is 5.12. The largest absolute Gasteiger partial charge is 0.337 e. The molecular formula is C24H28N6OS. The van der Waals surface area contributed by atoms with Crippen LogP contribution in [0.5, 0.6) is 0 Å². The van der Waals surface area contributed by atoms with Crippen molar-refractivity contribution in [1.29, 1.82) is 0 Å².